The molecule has 0 aliphatic heterocycles. The third kappa shape index (κ3) is 3.95. The minimum Gasteiger partial charge on any atom is -0.358 e. The van der Waals surface area contributed by atoms with E-state index in [1.165, 1.54) is 0 Å². The van der Waals surface area contributed by atoms with Crippen LogP contribution in [0, 0.1) is 5.41 Å². The zero-order valence-electron chi connectivity index (χ0n) is 20.3. The summed E-state index contributed by atoms with van der Waals surface area (Å²) in [4.78, 5) is 18.4. The second kappa shape index (κ2) is 8.42. The number of nitrogens with zero attached hydrogens (tertiary/aromatic N) is 4. The van der Waals surface area contributed by atoms with Gasteiger partial charge in [-0.3, -0.25) is 15.1 Å². The highest BCUT2D eigenvalue weighted by atomic mass is 32.1. The highest BCUT2D eigenvalue weighted by Crippen LogP contribution is 2.35. The molecule has 6 aromatic rings. The summed E-state index contributed by atoms with van der Waals surface area (Å²) < 4.78 is 0. The molecule has 0 fully saturated rings. The van der Waals surface area contributed by atoms with E-state index in [0.717, 1.165) is 60.8 Å². The summed E-state index contributed by atoms with van der Waals surface area (Å²) in [6.07, 6.45) is 7.32. The maximum Gasteiger partial charge on any atom is 0.181 e. The van der Waals surface area contributed by atoms with Crippen molar-refractivity contribution in [2.24, 2.45) is 5.41 Å². The number of hydrogen-bond donors (Lipinski definition) is 3. The second-order valence-electron chi connectivity index (χ2n) is 9.79. The van der Waals surface area contributed by atoms with Crippen LogP contribution in [-0.2, 0) is 0 Å². The number of nitrogens with one attached hydrogen (secondary N) is 3. The molecular weight excluding hydrogens is 466 g/mol. The number of aromatic nitrogens is 6. The van der Waals surface area contributed by atoms with E-state index in [1.807, 2.05) is 30.7 Å². The molecule has 178 valence electrons. The molecule has 6 rings (SSSR count). The molecule has 0 radical (unpaired) electrons. The van der Waals surface area contributed by atoms with Crippen LogP contribution >= 0.6 is 11.3 Å². The third-order valence-corrected chi connectivity index (χ3v) is 7.13. The highest BCUT2D eigenvalue weighted by molar-refractivity contribution is 7.13. The Morgan fingerprint density at radius 3 is 2.67 bits per heavy atom. The van der Waals surface area contributed by atoms with Gasteiger partial charge in [0.2, 0.25) is 0 Å². The van der Waals surface area contributed by atoms with Crippen LogP contribution in [0.5, 0.6) is 0 Å². The van der Waals surface area contributed by atoms with Crippen LogP contribution in [0.3, 0.4) is 0 Å². The van der Waals surface area contributed by atoms with Crippen molar-refractivity contribution in [3.63, 3.8) is 0 Å². The van der Waals surface area contributed by atoms with E-state index < -0.39 is 0 Å². The number of H-pyrrole nitrogens is 2. The van der Waals surface area contributed by atoms with Crippen LogP contribution in [-0.4, -0.2) is 30.1 Å². The van der Waals surface area contributed by atoms with Crippen molar-refractivity contribution < 1.29 is 0 Å². The number of rotatable bonds is 5. The van der Waals surface area contributed by atoms with Crippen LogP contribution < -0.4 is 5.32 Å². The Balaban J connectivity index is 1.40. The van der Waals surface area contributed by atoms with Crippen molar-refractivity contribution in [1.82, 2.24) is 30.1 Å². The zero-order chi connectivity index (χ0) is 24.9. The van der Waals surface area contributed by atoms with Gasteiger partial charge in [-0.05, 0) is 35.7 Å². The van der Waals surface area contributed by atoms with Gasteiger partial charge >= 0.3 is 0 Å². The fraction of sp³-hybridized carbons (Fsp3) is 0.143. The molecular formula is C28H25N7S. The molecule has 0 saturated heterocycles. The lowest BCUT2D eigenvalue weighted by molar-refractivity contribution is 0.509. The van der Waals surface area contributed by atoms with Crippen LogP contribution in [0.25, 0.3) is 55.0 Å². The Hall–Kier alpha value is -4.30. The molecule has 0 amide bonds. The second-order valence-corrected chi connectivity index (χ2v) is 10.7. The van der Waals surface area contributed by atoms with Crippen molar-refractivity contribution in [2.75, 3.05) is 5.32 Å². The van der Waals surface area contributed by atoms with Gasteiger partial charge in [-0.15, -0.1) is 11.3 Å². The normalized spacial score (nSPS) is 11.9. The van der Waals surface area contributed by atoms with Crippen LogP contribution in [0.4, 0.5) is 5.69 Å². The zero-order valence-corrected chi connectivity index (χ0v) is 21.1. The van der Waals surface area contributed by atoms with Gasteiger partial charge in [0.05, 0.1) is 33.8 Å². The molecule has 36 heavy (non-hydrogen) atoms. The Morgan fingerprint density at radius 1 is 1.00 bits per heavy atom. The van der Waals surface area contributed by atoms with E-state index in [1.54, 1.807) is 17.5 Å². The molecule has 6 aromatic heterocycles. The van der Waals surface area contributed by atoms with E-state index >= 15 is 0 Å². The van der Waals surface area contributed by atoms with E-state index in [9.17, 15) is 0 Å². The first kappa shape index (κ1) is 22.2. The third-order valence-electron chi connectivity index (χ3n) is 6.25. The molecule has 0 unspecified atom stereocenters. The smallest absolute Gasteiger partial charge is 0.181 e. The fourth-order valence-electron chi connectivity index (χ4n) is 4.09. The summed E-state index contributed by atoms with van der Waals surface area (Å²) in [6, 6.07) is 12.4. The Bertz CT molecular complexity index is 1720. The maximum absolute atomic E-state index is 4.64. The SMILES string of the molecule is C=C(Nc1cncc(-c2cnc3n[nH]c(-c4cc5c(-c6cccs6)nccc5[nH]4)c3c2)c1)C(C)(C)C. The highest BCUT2D eigenvalue weighted by Gasteiger charge is 2.17. The van der Waals surface area contributed by atoms with Gasteiger partial charge in [0.15, 0.2) is 5.65 Å². The van der Waals surface area contributed by atoms with Crippen molar-refractivity contribution in [3.05, 3.63) is 78.8 Å². The molecule has 6 heterocycles. The summed E-state index contributed by atoms with van der Waals surface area (Å²) in [7, 11) is 0. The molecule has 0 aliphatic rings. The van der Waals surface area contributed by atoms with Crippen molar-refractivity contribution >= 4 is 39.0 Å². The monoisotopic (exact) mass is 491 g/mol. The first-order valence-corrected chi connectivity index (χ1v) is 12.5. The number of thiophene rings is 1. The average Bonchev–Trinajstić information content (AvgIpc) is 3.62. The molecule has 7 nitrogen and oxygen atoms in total. The molecule has 8 heteroatoms. The topological polar surface area (TPSA) is 95.2 Å². The molecule has 3 N–H and O–H groups in total. The van der Waals surface area contributed by atoms with Crippen molar-refractivity contribution in [2.45, 2.75) is 20.8 Å². The van der Waals surface area contributed by atoms with E-state index in [2.05, 4.69) is 92.4 Å². The van der Waals surface area contributed by atoms with Crippen LogP contribution in [0.15, 0.2) is 78.8 Å². The summed E-state index contributed by atoms with van der Waals surface area (Å²) in [5.41, 5.74) is 8.17. The van der Waals surface area contributed by atoms with E-state index in [-0.39, 0.29) is 5.41 Å². The van der Waals surface area contributed by atoms with Gasteiger partial charge in [-0.1, -0.05) is 33.4 Å². The standard InChI is InChI=1S/C28H25N7S/c1-16(28(2,3)4)32-19-10-17(13-29-15-19)18-11-21-25(34-35-27(21)31-14-18)23-12-20-22(33-23)7-8-30-26(20)24-6-5-9-36-24/h5-15,32-33H,1H2,2-4H3,(H,31,34,35). The van der Waals surface area contributed by atoms with E-state index in [0.29, 0.717) is 5.65 Å². The lowest BCUT2D eigenvalue weighted by Gasteiger charge is -2.23. The average molecular weight is 492 g/mol. The molecule has 0 saturated carbocycles. The van der Waals surface area contributed by atoms with Gasteiger partial charge in [0.25, 0.3) is 0 Å². The first-order valence-electron chi connectivity index (χ1n) is 11.6. The van der Waals surface area contributed by atoms with Gasteiger partial charge < -0.3 is 10.3 Å². The lowest BCUT2D eigenvalue weighted by atomic mass is 9.93. The summed E-state index contributed by atoms with van der Waals surface area (Å²) in [6.45, 7) is 10.6. The van der Waals surface area contributed by atoms with Gasteiger partial charge in [0.1, 0.15) is 0 Å². The lowest BCUT2D eigenvalue weighted by Crippen LogP contribution is -2.15. The minimum absolute atomic E-state index is 0.0549. The molecule has 0 aliphatic carbocycles. The van der Waals surface area contributed by atoms with Crippen LogP contribution in [0.1, 0.15) is 20.8 Å². The van der Waals surface area contributed by atoms with Crippen LogP contribution in [0.2, 0.25) is 0 Å². The van der Waals surface area contributed by atoms with Crippen molar-refractivity contribution in [3.8, 4) is 33.1 Å². The largest absolute Gasteiger partial charge is 0.358 e. The van der Waals surface area contributed by atoms with Gasteiger partial charge in [-0.25, -0.2) is 4.98 Å². The minimum atomic E-state index is -0.0549. The molecule has 0 bridgehead atoms. The predicted octanol–water partition coefficient (Wildman–Crippen LogP) is 7.26. The molecule has 0 aromatic carbocycles. The number of fused-ring (bicyclic) bond motifs is 2. The number of hydrogen-bond acceptors (Lipinski definition) is 6. The molecule has 0 atom stereocenters. The quantitative estimate of drug-likeness (QED) is 0.236. The van der Waals surface area contributed by atoms with E-state index in [4.69, 9.17) is 0 Å². The number of allylic oxidation sites excluding steroid dienone is 1. The first-order chi connectivity index (χ1) is 17.4. The van der Waals surface area contributed by atoms with Gasteiger partial charge in [0, 0.05) is 57.1 Å². The summed E-state index contributed by atoms with van der Waals surface area (Å²) in [5, 5.41) is 15.1. The number of aromatic amines is 2. The fourth-order valence-corrected chi connectivity index (χ4v) is 4.82. The van der Waals surface area contributed by atoms with Crippen molar-refractivity contribution in [1.29, 1.82) is 0 Å². The number of anilines is 1. The maximum atomic E-state index is 4.64. The summed E-state index contributed by atoms with van der Waals surface area (Å²) in [5.74, 6) is 0. The Morgan fingerprint density at radius 2 is 1.86 bits per heavy atom. The Kier molecular flexibility index (Phi) is 5.19. The number of pyridine rings is 3. The summed E-state index contributed by atoms with van der Waals surface area (Å²) >= 11 is 1.68. The van der Waals surface area contributed by atoms with Gasteiger partial charge in [-0.2, -0.15) is 5.10 Å². The predicted molar refractivity (Wildman–Crippen MR) is 148 cm³/mol. The molecule has 0 spiro atoms. The Labute approximate surface area is 212 Å².